The summed E-state index contributed by atoms with van der Waals surface area (Å²) in [6.07, 6.45) is -0.748. The van der Waals surface area contributed by atoms with Gasteiger partial charge in [0.15, 0.2) is 0 Å². The van der Waals surface area contributed by atoms with E-state index in [4.69, 9.17) is 23.2 Å². The van der Waals surface area contributed by atoms with Crippen LogP contribution in [0.2, 0.25) is 5.02 Å². The topological polar surface area (TPSA) is 20.3 Å². The first kappa shape index (κ1) is 16.5. The molecule has 0 heterocycles. The van der Waals surface area contributed by atoms with Crippen molar-refractivity contribution >= 4 is 40.9 Å². The van der Waals surface area contributed by atoms with E-state index in [0.717, 1.165) is 9.80 Å². The molecule has 2 nitrogen and oxygen atoms in total. The van der Waals surface area contributed by atoms with Gasteiger partial charge in [0.1, 0.15) is 0 Å². The van der Waals surface area contributed by atoms with Crippen molar-refractivity contribution in [1.82, 2.24) is 4.90 Å². The third kappa shape index (κ3) is 4.82. The number of hydrogen-bond donors (Lipinski definition) is 0. The smallest absolute Gasteiger partial charge is 0.255 e. The fraction of sp³-hybridized carbons (Fsp3) is 0.417. The van der Waals surface area contributed by atoms with Crippen molar-refractivity contribution < 1.29 is 13.6 Å². The Morgan fingerprint density at radius 1 is 1.47 bits per heavy atom. The molecule has 0 spiro atoms. The van der Waals surface area contributed by atoms with Crippen LogP contribution in [0.1, 0.15) is 10.4 Å². The lowest BCUT2D eigenvalue weighted by atomic mass is 10.2. The van der Waals surface area contributed by atoms with Crippen molar-refractivity contribution in [3.05, 3.63) is 28.8 Å². The molecule has 0 bridgehead atoms. The van der Waals surface area contributed by atoms with E-state index in [1.54, 1.807) is 18.2 Å². The van der Waals surface area contributed by atoms with Crippen LogP contribution in [0.3, 0.4) is 0 Å². The molecule has 1 aromatic carbocycles. The summed E-state index contributed by atoms with van der Waals surface area (Å²) < 4.78 is 24.9. The van der Waals surface area contributed by atoms with Crippen molar-refractivity contribution in [2.75, 3.05) is 25.2 Å². The molecule has 0 saturated carbocycles. The summed E-state index contributed by atoms with van der Waals surface area (Å²) in [5.41, 5.74) is 0.222. The lowest BCUT2D eigenvalue weighted by Gasteiger charge is -2.22. The first-order valence-electron chi connectivity index (χ1n) is 5.46. The number of nitrogens with zero attached hydrogens (tertiary/aromatic N) is 1. The van der Waals surface area contributed by atoms with Crippen LogP contribution in [-0.4, -0.2) is 42.5 Å². The van der Waals surface area contributed by atoms with Gasteiger partial charge in [0.05, 0.1) is 17.1 Å². The molecule has 0 N–H and O–H groups in total. The van der Waals surface area contributed by atoms with Crippen LogP contribution in [0, 0.1) is 0 Å². The minimum atomic E-state index is -2.60. The Bertz CT molecular complexity index is 446. The van der Waals surface area contributed by atoms with Crippen molar-refractivity contribution in [2.24, 2.45) is 0 Å². The van der Waals surface area contributed by atoms with Crippen molar-refractivity contribution in [3.8, 4) is 0 Å². The van der Waals surface area contributed by atoms with Crippen molar-refractivity contribution in [1.29, 1.82) is 0 Å². The Labute approximate surface area is 125 Å². The normalized spacial score (nSPS) is 10.8. The van der Waals surface area contributed by atoms with Crippen LogP contribution >= 0.6 is 35.0 Å². The number of carbonyl (C=O) groups is 1. The molecule has 0 aliphatic carbocycles. The van der Waals surface area contributed by atoms with E-state index in [-0.39, 0.29) is 23.0 Å². The monoisotopic (exact) mass is 327 g/mol. The van der Waals surface area contributed by atoms with E-state index in [2.05, 4.69) is 0 Å². The van der Waals surface area contributed by atoms with Gasteiger partial charge in [-0.3, -0.25) is 4.79 Å². The number of amides is 1. The summed E-state index contributed by atoms with van der Waals surface area (Å²) in [7, 11) is 0. The Hall–Kier alpha value is -0.520. The Morgan fingerprint density at radius 2 is 2.16 bits per heavy atom. The van der Waals surface area contributed by atoms with Crippen LogP contribution in [0.15, 0.2) is 23.1 Å². The highest BCUT2D eigenvalue weighted by atomic mass is 35.5. The SMILES string of the molecule is CSc1ccc(Cl)c(C(=O)N(CCCl)CC(F)F)c1. The summed E-state index contributed by atoms with van der Waals surface area (Å²) in [5.74, 6) is -0.431. The second-order valence-electron chi connectivity index (χ2n) is 3.68. The predicted octanol–water partition coefficient (Wildman–Crippen LogP) is 4.01. The summed E-state index contributed by atoms with van der Waals surface area (Å²) in [6, 6.07) is 4.95. The van der Waals surface area contributed by atoms with Gasteiger partial charge in [-0.15, -0.1) is 23.4 Å². The zero-order valence-electron chi connectivity index (χ0n) is 10.2. The minimum absolute atomic E-state index is 0.0601. The second-order valence-corrected chi connectivity index (χ2v) is 5.34. The third-order valence-corrected chi connectivity index (χ3v) is 3.63. The minimum Gasteiger partial charge on any atom is -0.332 e. The zero-order chi connectivity index (χ0) is 14.4. The van der Waals surface area contributed by atoms with Gasteiger partial charge in [-0.25, -0.2) is 8.78 Å². The molecule has 1 aromatic rings. The van der Waals surface area contributed by atoms with Gasteiger partial charge in [0, 0.05) is 17.3 Å². The van der Waals surface area contributed by atoms with Crippen LogP contribution in [0.4, 0.5) is 8.78 Å². The van der Waals surface area contributed by atoms with Gasteiger partial charge < -0.3 is 4.90 Å². The van der Waals surface area contributed by atoms with E-state index in [0.29, 0.717) is 0 Å². The summed E-state index contributed by atoms with van der Waals surface area (Å²) >= 11 is 12.9. The van der Waals surface area contributed by atoms with Crippen molar-refractivity contribution in [3.63, 3.8) is 0 Å². The van der Waals surface area contributed by atoms with Gasteiger partial charge in [0.2, 0.25) is 0 Å². The van der Waals surface area contributed by atoms with Gasteiger partial charge in [0.25, 0.3) is 12.3 Å². The quantitative estimate of drug-likeness (QED) is 0.581. The molecule has 106 valence electrons. The lowest BCUT2D eigenvalue weighted by molar-refractivity contribution is 0.0571. The molecule has 1 rings (SSSR count). The van der Waals surface area contributed by atoms with E-state index in [9.17, 15) is 13.6 Å². The number of thioether (sulfide) groups is 1. The van der Waals surface area contributed by atoms with Gasteiger partial charge in [-0.05, 0) is 24.5 Å². The summed E-state index contributed by atoms with van der Waals surface area (Å²) in [6.45, 7) is -0.587. The maximum Gasteiger partial charge on any atom is 0.255 e. The summed E-state index contributed by atoms with van der Waals surface area (Å²) in [4.78, 5) is 14.1. The predicted molar refractivity (Wildman–Crippen MR) is 75.9 cm³/mol. The molecule has 0 saturated heterocycles. The van der Waals surface area contributed by atoms with Gasteiger partial charge in [-0.2, -0.15) is 0 Å². The standard InChI is InChI=1S/C12H13Cl2F2NOS/c1-19-8-2-3-10(14)9(6-8)12(18)17(5-4-13)7-11(15)16/h2-3,6,11H,4-5,7H2,1H3. The Kier molecular flexibility index (Phi) is 6.89. The van der Waals surface area contributed by atoms with Crippen LogP contribution in [-0.2, 0) is 0 Å². The molecule has 0 aromatic heterocycles. The molecule has 0 fully saturated rings. The molecule has 0 unspecified atom stereocenters. The number of alkyl halides is 3. The molecular weight excluding hydrogens is 315 g/mol. The Morgan fingerprint density at radius 3 is 2.68 bits per heavy atom. The number of halogens is 4. The molecule has 1 amide bonds. The first-order chi connectivity index (χ1) is 8.99. The maximum absolute atomic E-state index is 12.5. The largest absolute Gasteiger partial charge is 0.332 e. The number of hydrogen-bond acceptors (Lipinski definition) is 2. The second kappa shape index (κ2) is 7.92. The average Bonchev–Trinajstić information content (AvgIpc) is 2.37. The summed E-state index contributed by atoms with van der Waals surface area (Å²) in [5, 5.41) is 0.247. The first-order valence-corrected chi connectivity index (χ1v) is 7.60. The van der Waals surface area contributed by atoms with E-state index < -0.39 is 18.9 Å². The lowest BCUT2D eigenvalue weighted by Crippen LogP contribution is -2.36. The fourth-order valence-corrected chi connectivity index (χ4v) is 2.35. The van der Waals surface area contributed by atoms with Crippen LogP contribution in [0.25, 0.3) is 0 Å². The molecule has 0 aliphatic heterocycles. The van der Waals surface area contributed by atoms with Gasteiger partial charge in [-0.1, -0.05) is 11.6 Å². The molecule has 19 heavy (non-hydrogen) atoms. The van der Waals surface area contributed by atoms with Gasteiger partial charge >= 0.3 is 0 Å². The molecule has 0 aliphatic rings. The van der Waals surface area contributed by atoms with E-state index in [1.807, 2.05) is 6.26 Å². The van der Waals surface area contributed by atoms with Crippen LogP contribution < -0.4 is 0 Å². The average molecular weight is 328 g/mol. The number of benzene rings is 1. The Balaban J connectivity index is 3.01. The number of rotatable bonds is 6. The highest BCUT2D eigenvalue weighted by Gasteiger charge is 2.21. The molecule has 0 atom stereocenters. The van der Waals surface area contributed by atoms with Crippen molar-refractivity contribution in [2.45, 2.75) is 11.3 Å². The maximum atomic E-state index is 12.5. The highest BCUT2D eigenvalue weighted by molar-refractivity contribution is 7.98. The zero-order valence-corrected chi connectivity index (χ0v) is 12.5. The fourth-order valence-electron chi connectivity index (χ4n) is 1.51. The molecule has 7 heteroatoms. The number of carbonyl (C=O) groups excluding carboxylic acids is 1. The molecular formula is C12H13Cl2F2NOS. The van der Waals surface area contributed by atoms with Crippen LogP contribution in [0.5, 0.6) is 0 Å². The van der Waals surface area contributed by atoms with E-state index in [1.165, 1.54) is 11.8 Å². The third-order valence-electron chi connectivity index (χ3n) is 2.40. The van der Waals surface area contributed by atoms with E-state index >= 15 is 0 Å². The molecule has 0 radical (unpaired) electrons. The highest BCUT2D eigenvalue weighted by Crippen LogP contribution is 2.24.